The van der Waals surface area contributed by atoms with Crippen molar-refractivity contribution >= 4 is 6.09 Å². The van der Waals surface area contributed by atoms with Crippen LogP contribution < -0.4 is 0 Å². The van der Waals surface area contributed by atoms with Crippen molar-refractivity contribution in [2.45, 2.75) is 45.6 Å². The highest BCUT2D eigenvalue weighted by atomic mass is 16.6. The van der Waals surface area contributed by atoms with Gasteiger partial charge in [0.2, 0.25) is 0 Å². The van der Waals surface area contributed by atoms with Gasteiger partial charge >= 0.3 is 6.09 Å². The van der Waals surface area contributed by atoms with Crippen molar-refractivity contribution < 1.29 is 9.53 Å². The number of carbonyl (C=O) groups is 1. The average molecular weight is 287 g/mol. The number of hydrogen-bond donors (Lipinski definition) is 0. The molecule has 2 rings (SSSR count). The molecular weight excluding hydrogens is 262 g/mol. The van der Waals surface area contributed by atoms with E-state index in [1.807, 2.05) is 26.8 Å². The van der Waals surface area contributed by atoms with Gasteiger partial charge in [-0.05, 0) is 45.6 Å². The number of nitrogens with zero attached hydrogens (tertiary/aromatic N) is 1. The first-order valence-electron chi connectivity index (χ1n) is 7.64. The predicted molar refractivity (Wildman–Crippen MR) is 85.3 cm³/mol. The number of allylic oxidation sites excluding steroid dienone is 1. The summed E-state index contributed by atoms with van der Waals surface area (Å²) in [6, 6.07) is 10.5. The number of rotatable bonds is 2. The molecule has 0 aliphatic carbocycles. The summed E-state index contributed by atoms with van der Waals surface area (Å²) >= 11 is 0. The van der Waals surface area contributed by atoms with E-state index in [1.165, 1.54) is 11.1 Å². The highest BCUT2D eigenvalue weighted by molar-refractivity contribution is 5.68. The Bertz CT molecular complexity index is 500. The molecule has 1 aromatic rings. The molecule has 21 heavy (non-hydrogen) atoms. The first kappa shape index (κ1) is 15.6. The van der Waals surface area contributed by atoms with Gasteiger partial charge in [-0.2, -0.15) is 0 Å². The van der Waals surface area contributed by atoms with Gasteiger partial charge in [0.1, 0.15) is 5.60 Å². The van der Waals surface area contributed by atoms with Crippen LogP contribution >= 0.6 is 0 Å². The zero-order valence-electron chi connectivity index (χ0n) is 13.3. The van der Waals surface area contributed by atoms with Crippen LogP contribution in [0.25, 0.3) is 0 Å². The zero-order chi connectivity index (χ0) is 15.3. The fourth-order valence-electron chi connectivity index (χ4n) is 2.44. The lowest BCUT2D eigenvalue weighted by molar-refractivity contribution is 0.0273. The highest BCUT2D eigenvalue weighted by Gasteiger charge is 2.22. The van der Waals surface area contributed by atoms with Crippen LogP contribution in [-0.2, 0) is 11.2 Å². The molecule has 1 aliphatic rings. The van der Waals surface area contributed by atoms with Crippen LogP contribution in [0.5, 0.6) is 0 Å². The van der Waals surface area contributed by atoms with Gasteiger partial charge in [0.25, 0.3) is 0 Å². The van der Waals surface area contributed by atoms with Gasteiger partial charge in [-0.15, -0.1) is 0 Å². The SMILES string of the molecule is CC(C)(C)OC(=O)N1CC=C(Cc2ccccc2)CCC1. The monoisotopic (exact) mass is 287 g/mol. The van der Waals surface area contributed by atoms with Gasteiger partial charge in [0, 0.05) is 13.1 Å². The van der Waals surface area contributed by atoms with Crippen molar-refractivity contribution in [2.24, 2.45) is 0 Å². The molecule has 1 heterocycles. The molecule has 0 spiro atoms. The maximum atomic E-state index is 12.1. The second-order valence-electron chi connectivity index (χ2n) is 6.55. The molecule has 0 saturated heterocycles. The molecule has 0 aromatic heterocycles. The molecule has 0 atom stereocenters. The van der Waals surface area contributed by atoms with Gasteiger partial charge in [-0.25, -0.2) is 4.79 Å². The van der Waals surface area contributed by atoms with Gasteiger partial charge in [-0.3, -0.25) is 0 Å². The molecular formula is C18H25NO2. The zero-order valence-corrected chi connectivity index (χ0v) is 13.3. The van der Waals surface area contributed by atoms with Crippen molar-refractivity contribution in [1.82, 2.24) is 4.90 Å². The van der Waals surface area contributed by atoms with E-state index in [9.17, 15) is 4.79 Å². The normalized spacial score (nSPS) is 16.1. The Morgan fingerprint density at radius 3 is 2.62 bits per heavy atom. The van der Waals surface area contributed by atoms with Crippen LogP contribution in [0.15, 0.2) is 42.0 Å². The topological polar surface area (TPSA) is 29.5 Å². The molecule has 1 amide bonds. The molecule has 1 aromatic carbocycles. The minimum absolute atomic E-state index is 0.209. The summed E-state index contributed by atoms with van der Waals surface area (Å²) in [5, 5.41) is 0. The van der Waals surface area contributed by atoms with Crippen molar-refractivity contribution in [3.63, 3.8) is 0 Å². The second kappa shape index (κ2) is 6.79. The van der Waals surface area contributed by atoms with Gasteiger partial charge < -0.3 is 9.64 Å². The first-order valence-corrected chi connectivity index (χ1v) is 7.64. The number of amides is 1. The number of hydrogen-bond acceptors (Lipinski definition) is 2. The minimum Gasteiger partial charge on any atom is -0.444 e. The lowest BCUT2D eigenvalue weighted by atomic mass is 10.0. The molecule has 3 nitrogen and oxygen atoms in total. The van der Waals surface area contributed by atoms with E-state index in [-0.39, 0.29) is 6.09 Å². The van der Waals surface area contributed by atoms with Crippen LogP contribution in [-0.4, -0.2) is 29.7 Å². The maximum absolute atomic E-state index is 12.1. The number of benzene rings is 1. The summed E-state index contributed by atoms with van der Waals surface area (Å²) < 4.78 is 5.44. The van der Waals surface area contributed by atoms with Crippen molar-refractivity contribution in [3.05, 3.63) is 47.5 Å². The van der Waals surface area contributed by atoms with E-state index in [2.05, 4.69) is 30.3 Å². The quantitative estimate of drug-likeness (QED) is 0.763. The van der Waals surface area contributed by atoms with Gasteiger partial charge in [-0.1, -0.05) is 42.0 Å². The van der Waals surface area contributed by atoms with E-state index in [0.717, 1.165) is 25.8 Å². The van der Waals surface area contributed by atoms with Gasteiger partial charge in [0.15, 0.2) is 0 Å². The Balaban J connectivity index is 1.95. The molecule has 1 aliphatic heterocycles. The summed E-state index contributed by atoms with van der Waals surface area (Å²) in [5.41, 5.74) is 2.31. The van der Waals surface area contributed by atoms with E-state index in [1.54, 1.807) is 4.90 Å². The molecule has 0 radical (unpaired) electrons. The van der Waals surface area contributed by atoms with Crippen molar-refractivity contribution in [2.75, 3.05) is 13.1 Å². The van der Waals surface area contributed by atoms with Crippen LogP contribution in [0, 0.1) is 0 Å². The summed E-state index contributed by atoms with van der Waals surface area (Å²) in [5.74, 6) is 0. The third-order valence-electron chi connectivity index (χ3n) is 3.45. The molecule has 0 saturated carbocycles. The van der Waals surface area contributed by atoms with Crippen molar-refractivity contribution in [3.8, 4) is 0 Å². The Morgan fingerprint density at radius 2 is 1.95 bits per heavy atom. The molecule has 0 bridgehead atoms. The van der Waals surface area contributed by atoms with Crippen molar-refractivity contribution in [1.29, 1.82) is 0 Å². The van der Waals surface area contributed by atoms with Crippen LogP contribution in [0.4, 0.5) is 4.79 Å². The third kappa shape index (κ3) is 5.25. The minimum atomic E-state index is -0.431. The maximum Gasteiger partial charge on any atom is 0.410 e. The number of carbonyl (C=O) groups excluding carboxylic acids is 1. The molecule has 0 N–H and O–H groups in total. The highest BCUT2D eigenvalue weighted by Crippen LogP contribution is 2.18. The summed E-state index contributed by atoms with van der Waals surface area (Å²) in [7, 11) is 0. The Labute approximate surface area is 127 Å². The fraction of sp³-hybridized carbons (Fsp3) is 0.500. The van der Waals surface area contributed by atoms with E-state index in [4.69, 9.17) is 4.74 Å². The van der Waals surface area contributed by atoms with E-state index in [0.29, 0.717) is 6.54 Å². The lowest BCUT2D eigenvalue weighted by Crippen LogP contribution is -2.37. The molecule has 0 unspecified atom stereocenters. The fourth-order valence-corrected chi connectivity index (χ4v) is 2.44. The van der Waals surface area contributed by atoms with Crippen LogP contribution in [0.3, 0.4) is 0 Å². The Morgan fingerprint density at radius 1 is 1.24 bits per heavy atom. The van der Waals surface area contributed by atoms with E-state index < -0.39 is 5.60 Å². The second-order valence-corrected chi connectivity index (χ2v) is 6.55. The molecule has 114 valence electrons. The predicted octanol–water partition coefficient (Wildman–Crippen LogP) is 4.19. The first-order chi connectivity index (χ1) is 9.94. The lowest BCUT2D eigenvalue weighted by Gasteiger charge is -2.25. The molecule has 0 fully saturated rings. The van der Waals surface area contributed by atoms with Crippen LogP contribution in [0.2, 0.25) is 0 Å². The smallest absolute Gasteiger partial charge is 0.410 e. The largest absolute Gasteiger partial charge is 0.444 e. The average Bonchev–Trinajstić information content (AvgIpc) is 2.64. The van der Waals surface area contributed by atoms with E-state index >= 15 is 0 Å². The van der Waals surface area contributed by atoms with Crippen LogP contribution in [0.1, 0.15) is 39.2 Å². The Hall–Kier alpha value is -1.77. The summed E-state index contributed by atoms with van der Waals surface area (Å²) in [6.45, 7) is 7.12. The third-order valence-corrected chi connectivity index (χ3v) is 3.45. The Kier molecular flexibility index (Phi) is 5.05. The molecule has 3 heteroatoms. The summed E-state index contributed by atoms with van der Waals surface area (Å²) in [4.78, 5) is 13.9. The summed E-state index contributed by atoms with van der Waals surface area (Å²) in [6.07, 6.45) is 5.00. The number of ether oxygens (including phenoxy) is 1. The standard InChI is InChI=1S/C18H25NO2/c1-18(2,3)21-17(20)19-12-7-10-16(11-13-19)14-15-8-5-4-6-9-15/h4-6,8-9,11H,7,10,12-14H2,1-3H3. The van der Waals surface area contributed by atoms with Gasteiger partial charge in [0.05, 0.1) is 0 Å².